The molecule has 4 aromatic rings. The van der Waals surface area contributed by atoms with Crippen LogP contribution in [0, 0.1) is 0 Å². The van der Waals surface area contributed by atoms with Crippen LogP contribution in [-0.2, 0) is 11.8 Å². The van der Waals surface area contributed by atoms with E-state index in [1.165, 1.54) is 27.7 Å². The molecule has 152 valence electrons. The van der Waals surface area contributed by atoms with E-state index >= 15 is 0 Å². The van der Waals surface area contributed by atoms with Crippen molar-refractivity contribution in [2.24, 2.45) is 7.05 Å². The zero-order valence-electron chi connectivity index (χ0n) is 16.0. The predicted molar refractivity (Wildman–Crippen MR) is 126 cm³/mol. The maximum atomic E-state index is 12.4. The summed E-state index contributed by atoms with van der Waals surface area (Å²) in [5.41, 5.74) is 2.40. The van der Waals surface area contributed by atoms with Gasteiger partial charge in [0.15, 0.2) is 10.3 Å². The Bertz CT molecular complexity index is 1270. The van der Waals surface area contributed by atoms with Crippen molar-refractivity contribution in [1.29, 1.82) is 0 Å². The van der Waals surface area contributed by atoms with Gasteiger partial charge in [-0.3, -0.25) is 14.2 Å². The van der Waals surface area contributed by atoms with E-state index in [0.29, 0.717) is 33.4 Å². The number of anilines is 1. The number of rotatable bonds is 6. The third-order valence-corrected chi connectivity index (χ3v) is 6.71. The third kappa shape index (κ3) is 4.63. The number of hydrogen-bond acceptors (Lipinski definition) is 6. The third-order valence-electron chi connectivity index (χ3n) is 4.39. The monoisotopic (exact) mass is 500 g/mol. The number of benzene rings is 2. The van der Waals surface area contributed by atoms with Crippen LogP contribution in [0.5, 0.6) is 0 Å². The summed E-state index contributed by atoms with van der Waals surface area (Å²) in [6, 6.07) is 15.1. The molecule has 0 atom stereocenters. The zero-order valence-corrected chi connectivity index (χ0v) is 19.2. The van der Waals surface area contributed by atoms with Crippen LogP contribution >= 0.6 is 39.0 Å². The fraction of sp³-hybridized carbons (Fsp3) is 0.143. The number of aromatic nitrogens is 3. The minimum atomic E-state index is -0.120. The second-order valence-corrected chi connectivity index (χ2v) is 9.30. The van der Waals surface area contributed by atoms with Crippen LogP contribution in [0.1, 0.15) is 6.42 Å². The van der Waals surface area contributed by atoms with Gasteiger partial charge in [-0.1, -0.05) is 52.0 Å². The SMILES string of the molecule is Cn1c(SCCC(=O)Nc2nc(-c3ccc(Br)cc3)cs2)nc2ccccc2c1=O. The molecule has 0 bridgehead atoms. The van der Waals surface area contributed by atoms with Crippen molar-refractivity contribution in [3.63, 3.8) is 0 Å². The molecule has 9 heteroatoms. The largest absolute Gasteiger partial charge is 0.302 e. The molecule has 0 unspecified atom stereocenters. The number of nitrogens with one attached hydrogen (secondary N) is 1. The van der Waals surface area contributed by atoms with Crippen molar-refractivity contribution in [3.05, 3.63) is 68.7 Å². The first kappa shape index (κ1) is 20.8. The lowest BCUT2D eigenvalue weighted by molar-refractivity contribution is -0.115. The first-order chi connectivity index (χ1) is 14.5. The average Bonchev–Trinajstić information content (AvgIpc) is 3.20. The van der Waals surface area contributed by atoms with Crippen LogP contribution in [0.15, 0.2) is 68.3 Å². The van der Waals surface area contributed by atoms with Gasteiger partial charge < -0.3 is 5.32 Å². The fourth-order valence-corrected chi connectivity index (χ4v) is 4.74. The lowest BCUT2D eigenvalue weighted by Crippen LogP contribution is -2.20. The summed E-state index contributed by atoms with van der Waals surface area (Å²) in [6.07, 6.45) is 0.292. The molecular weight excluding hydrogens is 484 g/mol. The van der Waals surface area contributed by atoms with E-state index in [2.05, 4.69) is 31.2 Å². The molecule has 1 N–H and O–H groups in total. The maximum Gasteiger partial charge on any atom is 0.261 e. The Morgan fingerprint density at radius 2 is 1.93 bits per heavy atom. The average molecular weight is 501 g/mol. The molecule has 0 spiro atoms. The van der Waals surface area contributed by atoms with Crippen LogP contribution < -0.4 is 10.9 Å². The number of thioether (sulfide) groups is 1. The molecule has 2 aromatic carbocycles. The molecule has 0 aliphatic heterocycles. The van der Waals surface area contributed by atoms with Gasteiger partial charge in [0.1, 0.15) is 0 Å². The summed E-state index contributed by atoms with van der Waals surface area (Å²) in [6.45, 7) is 0. The molecule has 0 saturated heterocycles. The highest BCUT2D eigenvalue weighted by Gasteiger charge is 2.11. The highest BCUT2D eigenvalue weighted by Crippen LogP contribution is 2.26. The van der Waals surface area contributed by atoms with Crippen LogP contribution in [0.2, 0.25) is 0 Å². The molecule has 0 aliphatic rings. The van der Waals surface area contributed by atoms with Crippen LogP contribution in [-0.4, -0.2) is 26.2 Å². The van der Waals surface area contributed by atoms with Crippen molar-refractivity contribution < 1.29 is 4.79 Å². The van der Waals surface area contributed by atoms with Gasteiger partial charge in [-0.05, 0) is 24.3 Å². The first-order valence-electron chi connectivity index (χ1n) is 9.11. The number of para-hydroxylation sites is 1. The van der Waals surface area contributed by atoms with Gasteiger partial charge in [-0.25, -0.2) is 9.97 Å². The maximum absolute atomic E-state index is 12.4. The van der Waals surface area contributed by atoms with E-state index in [1.54, 1.807) is 13.1 Å². The molecule has 0 fully saturated rings. The second-order valence-electron chi connectivity index (χ2n) is 6.47. The number of carbonyl (C=O) groups excluding carboxylic acids is 1. The van der Waals surface area contributed by atoms with Crippen molar-refractivity contribution in [2.45, 2.75) is 11.6 Å². The van der Waals surface area contributed by atoms with Crippen molar-refractivity contribution >= 4 is 61.0 Å². The van der Waals surface area contributed by atoms with Gasteiger partial charge in [0, 0.05) is 34.6 Å². The number of amides is 1. The van der Waals surface area contributed by atoms with E-state index in [9.17, 15) is 9.59 Å². The molecule has 0 aliphatic carbocycles. The van der Waals surface area contributed by atoms with E-state index in [-0.39, 0.29) is 11.5 Å². The van der Waals surface area contributed by atoms with E-state index in [0.717, 1.165) is 15.7 Å². The smallest absolute Gasteiger partial charge is 0.261 e. The highest BCUT2D eigenvalue weighted by atomic mass is 79.9. The summed E-state index contributed by atoms with van der Waals surface area (Å²) >= 11 is 6.20. The molecule has 4 rings (SSSR count). The minimum Gasteiger partial charge on any atom is -0.302 e. The fourth-order valence-electron chi connectivity index (χ4n) is 2.83. The van der Waals surface area contributed by atoms with Gasteiger partial charge in [0.05, 0.1) is 16.6 Å². The number of thiazole rings is 1. The summed E-state index contributed by atoms with van der Waals surface area (Å²) in [4.78, 5) is 33.8. The quantitative estimate of drug-likeness (QED) is 0.299. The molecule has 2 heterocycles. The van der Waals surface area contributed by atoms with Crippen molar-refractivity contribution in [1.82, 2.24) is 14.5 Å². The molecule has 30 heavy (non-hydrogen) atoms. The summed E-state index contributed by atoms with van der Waals surface area (Å²) in [5.74, 6) is 0.389. The normalized spacial score (nSPS) is 11.0. The summed E-state index contributed by atoms with van der Waals surface area (Å²) < 4.78 is 2.53. The lowest BCUT2D eigenvalue weighted by Gasteiger charge is -2.08. The van der Waals surface area contributed by atoms with E-state index < -0.39 is 0 Å². The van der Waals surface area contributed by atoms with Gasteiger partial charge in [0.25, 0.3) is 5.56 Å². The minimum absolute atomic E-state index is 0.0872. The number of halogens is 1. The highest BCUT2D eigenvalue weighted by molar-refractivity contribution is 9.10. The predicted octanol–water partition coefficient (Wildman–Crippen LogP) is 4.94. The van der Waals surface area contributed by atoms with Crippen molar-refractivity contribution in [2.75, 3.05) is 11.1 Å². The van der Waals surface area contributed by atoms with E-state index in [1.807, 2.05) is 47.8 Å². The standard InChI is InChI=1S/C21H17BrN4O2S2/c1-26-19(28)15-4-2-3-5-16(15)24-21(26)29-11-10-18(27)25-20-23-17(12-30-20)13-6-8-14(22)9-7-13/h2-9,12H,10-11H2,1H3,(H,23,25,27). The summed E-state index contributed by atoms with van der Waals surface area (Å²) in [7, 11) is 1.70. The van der Waals surface area contributed by atoms with Crippen LogP contribution in [0.4, 0.5) is 5.13 Å². The Hall–Kier alpha value is -2.49. The topological polar surface area (TPSA) is 76.9 Å². The van der Waals surface area contributed by atoms with Gasteiger partial charge in [-0.2, -0.15) is 0 Å². The van der Waals surface area contributed by atoms with E-state index in [4.69, 9.17) is 0 Å². The Kier molecular flexibility index (Phi) is 6.31. The second kappa shape index (κ2) is 9.11. The summed E-state index contributed by atoms with van der Waals surface area (Å²) in [5, 5.41) is 6.52. The van der Waals surface area contributed by atoms with Gasteiger partial charge in [0.2, 0.25) is 5.91 Å². The number of carbonyl (C=O) groups is 1. The first-order valence-corrected chi connectivity index (χ1v) is 11.8. The molecule has 6 nitrogen and oxygen atoms in total. The van der Waals surface area contributed by atoms with Crippen LogP contribution in [0.25, 0.3) is 22.2 Å². The molecule has 0 saturated carbocycles. The van der Waals surface area contributed by atoms with Gasteiger partial charge in [-0.15, -0.1) is 11.3 Å². The molecule has 0 radical (unpaired) electrons. The number of nitrogens with zero attached hydrogens (tertiary/aromatic N) is 3. The Morgan fingerprint density at radius 1 is 1.17 bits per heavy atom. The molecule has 1 amide bonds. The van der Waals surface area contributed by atoms with Gasteiger partial charge >= 0.3 is 0 Å². The van der Waals surface area contributed by atoms with Crippen LogP contribution in [0.3, 0.4) is 0 Å². The number of hydrogen-bond donors (Lipinski definition) is 1. The Morgan fingerprint density at radius 3 is 2.73 bits per heavy atom. The molecular formula is C21H17BrN4O2S2. The van der Waals surface area contributed by atoms with Crippen molar-refractivity contribution in [3.8, 4) is 11.3 Å². The molecule has 2 aromatic heterocycles. The Balaban J connectivity index is 1.36. The zero-order chi connectivity index (χ0) is 21.1. The lowest BCUT2D eigenvalue weighted by atomic mass is 10.2. The number of fused-ring (bicyclic) bond motifs is 1. The Labute approximate surface area is 189 Å².